The molecule has 0 spiro atoms. The zero-order valence-electron chi connectivity index (χ0n) is 23.7. The molecule has 0 saturated carbocycles. The van der Waals surface area contributed by atoms with Gasteiger partial charge in [0.1, 0.15) is 5.69 Å². The van der Waals surface area contributed by atoms with Crippen LogP contribution in [0.15, 0.2) is 40.8 Å². The summed E-state index contributed by atoms with van der Waals surface area (Å²) in [6.45, 7) is 12.9. The van der Waals surface area contributed by atoms with Crippen LogP contribution in [0.25, 0.3) is 0 Å². The van der Waals surface area contributed by atoms with Gasteiger partial charge in [0.25, 0.3) is 0 Å². The average Bonchev–Trinajstić information content (AvgIpc) is 3.30. The van der Waals surface area contributed by atoms with Crippen LogP contribution in [0.3, 0.4) is 0 Å². The Morgan fingerprint density at radius 2 is 1.41 bits per heavy atom. The third-order valence-corrected chi connectivity index (χ3v) is 7.34. The van der Waals surface area contributed by atoms with E-state index in [1.165, 1.54) is 49.9 Å². The van der Waals surface area contributed by atoms with E-state index in [0.717, 1.165) is 89.7 Å². The molecule has 0 fully saturated rings. The lowest BCUT2D eigenvalue weighted by Crippen LogP contribution is -2.50. The van der Waals surface area contributed by atoms with E-state index >= 15 is 0 Å². The zero-order valence-corrected chi connectivity index (χ0v) is 23.7. The van der Waals surface area contributed by atoms with Crippen molar-refractivity contribution in [3.8, 4) is 0 Å². The molecule has 2 aromatic rings. The van der Waals surface area contributed by atoms with E-state index in [4.69, 9.17) is 10.2 Å². The van der Waals surface area contributed by atoms with Gasteiger partial charge in [-0.3, -0.25) is 0 Å². The van der Waals surface area contributed by atoms with Gasteiger partial charge in [-0.25, -0.2) is 9.13 Å². The highest BCUT2D eigenvalue weighted by Crippen LogP contribution is 2.37. The minimum atomic E-state index is 0.935. The van der Waals surface area contributed by atoms with Crippen molar-refractivity contribution in [3.05, 3.63) is 30.6 Å². The number of rotatable bonds is 18. The molecule has 2 heterocycles. The molecular weight excluding hydrogens is 460 g/mol. The standard InChI is InChI=1S/C29H51N8/c1-3-5-9-17-34-21-22-35(18-10-6-4-2)28-25-26(13-14-27(28)34)32-33-29-36(19-11-7-15-30)23-24-37(29)20-12-8-16-31/h13-14,23-25H,3-12,15-22,30-31H2,1-2H3/q+1/p+2. The quantitative estimate of drug-likeness (QED) is 0.177. The molecule has 6 N–H and O–H groups in total. The fraction of sp³-hybridized carbons (Fsp3) is 0.690. The van der Waals surface area contributed by atoms with Crippen LogP contribution < -0.4 is 25.8 Å². The van der Waals surface area contributed by atoms with Gasteiger partial charge in [-0.15, -0.1) is 0 Å². The number of nitrogens with zero attached hydrogens (tertiary/aromatic N) is 6. The first-order valence-corrected chi connectivity index (χ1v) is 14.9. The molecule has 0 amide bonds. The number of azo groups is 1. The molecule has 0 unspecified atom stereocenters. The average molecular weight is 514 g/mol. The molecule has 8 heteroatoms. The van der Waals surface area contributed by atoms with E-state index in [-0.39, 0.29) is 0 Å². The van der Waals surface area contributed by atoms with Crippen LogP contribution in [0.4, 0.5) is 23.0 Å². The SMILES string of the molecule is CCCCCN1CCN(CCCCC)c2cc(N=Nc3n(CCCC[NH3+])cc[n+]3CCCC[NH3+])ccc21. The predicted octanol–water partition coefficient (Wildman–Crippen LogP) is 4.24. The van der Waals surface area contributed by atoms with E-state index in [1.54, 1.807) is 0 Å². The van der Waals surface area contributed by atoms with Gasteiger partial charge >= 0.3 is 5.95 Å². The summed E-state index contributed by atoms with van der Waals surface area (Å²) >= 11 is 0. The van der Waals surface area contributed by atoms with Gasteiger partial charge in [-0.2, -0.15) is 0 Å². The van der Waals surface area contributed by atoms with Crippen molar-refractivity contribution in [1.82, 2.24) is 4.57 Å². The molecule has 1 aliphatic rings. The lowest BCUT2D eigenvalue weighted by Gasteiger charge is -2.39. The molecule has 37 heavy (non-hydrogen) atoms. The third kappa shape index (κ3) is 8.82. The molecule has 0 aliphatic carbocycles. The van der Waals surface area contributed by atoms with E-state index in [2.05, 4.69) is 74.8 Å². The van der Waals surface area contributed by atoms with Crippen molar-refractivity contribution in [2.75, 3.05) is 49.1 Å². The molecule has 0 bridgehead atoms. The largest absolute Gasteiger partial charge is 0.421 e. The van der Waals surface area contributed by atoms with E-state index in [0.29, 0.717) is 0 Å². The monoisotopic (exact) mass is 513 g/mol. The highest BCUT2D eigenvalue weighted by molar-refractivity contribution is 5.76. The molecule has 3 rings (SSSR count). The Morgan fingerprint density at radius 1 is 0.757 bits per heavy atom. The number of aromatic nitrogens is 2. The third-order valence-electron chi connectivity index (χ3n) is 7.34. The van der Waals surface area contributed by atoms with Crippen molar-refractivity contribution in [2.24, 2.45) is 10.2 Å². The summed E-state index contributed by atoms with van der Waals surface area (Å²) in [5, 5.41) is 9.59. The Hall–Kier alpha value is -2.45. The summed E-state index contributed by atoms with van der Waals surface area (Å²) in [5.74, 6) is 0.937. The minimum absolute atomic E-state index is 0.935. The Kier molecular flexibility index (Phi) is 12.9. The highest BCUT2D eigenvalue weighted by Gasteiger charge is 2.23. The molecule has 8 nitrogen and oxygen atoms in total. The smallest absolute Gasteiger partial charge is 0.368 e. The summed E-state index contributed by atoms with van der Waals surface area (Å²) in [4.78, 5) is 5.15. The molecule has 1 aromatic carbocycles. The van der Waals surface area contributed by atoms with Gasteiger partial charge in [-0.1, -0.05) is 44.6 Å². The topological polar surface area (TPSA) is 95.3 Å². The normalized spacial score (nSPS) is 13.6. The van der Waals surface area contributed by atoms with Gasteiger partial charge in [0, 0.05) is 31.3 Å². The summed E-state index contributed by atoms with van der Waals surface area (Å²) in [7, 11) is 0. The van der Waals surface area contributed by atoms with Crippen LogP contribution in [0, 0.1) is 0 Å². The van der Waals surface area contributed by atoms with Crippen molar-refractivity contribution >= 4 is 23.0 Å². The number of hydrogen-bond donors (Lipinski definition) is 2. The fourth-order valence-corrected chi connectivity index (χ4v) is 5.09. The maximum atomic E-state index is 4.81. The first-order chi connectivity index (χ1) is 18.2. The van der Waals surface area contributed by atoms with Crippen molar-refractivity contribution in [2.45, 2.75) is 91.1 Å². The number of fused-ring (bicyclic) bond motifs is 1. The summed E-state index contributed by atoms with van der Waals surface area (Å²) in [5.41, 5.74) is 11.6. The second kappa shape index (κ2) is 16.4. The van der Waals surface area contributed by atoms with E-state index < -0.39 is 0 Å². The zero-order chi connectivity index (χ0) is 26.3. The summed E-state index contributed by atoms with van der Waals surface area (Å²) < 4.78 is 4.49. The number of unbranched alkanes of at least 4 members (excludes halogenated alkanes) is 6. The maximum Gasteiger partial charge on any atom is 0.421 e. The number of hydrogen-bond acceptors (Lipinski definition) is 4. The van der Waals surface area contributed by atoms with E-state index in [9.17, 15) is 0 Å². The Morgan fingerprint density at radius 3 is 2.08 bits per heavy atom. The molecule has 1 aromatic heterocycles. The highest BCUT2D eigenvalue weighted by atomic mass is 15.3. The van der Waals surface area contributed by atoms with Crippen LogP contribution in [0.1, 0.15) is 78.1 Å². The number of aryl methyl sites for hydroxylation is 2. The summed E-state index contributed by atoms with van der Waals surface area (Å²) in [6.07, 6.45) is 16.4. The number of anilines is 2. The van der Waals surface area contributed by atoms with Gasteiger partial charge in [0.2, 0.25) is 0 Å². The second-order valence-electron chi connectivity index (χ2n) is 10.4. The first-order valence-electron chi connectivity index (χ1n) is 14.9. The van der Waals surface area contributed by atoms with Crippen LogP contribution in [0.5, 0.6) is 0 Å². The van der Waals surface area contributed by atoms with E-state index in [1.807, 2.05) is 0 Å². The van der Waals surface area contributed by atoms with Crippen molar-refractivity contribution in [3.63, 3.8) is 0 Å². The lowest BCUT2D eigenvalue weighted by atomic mass is 10.1. The number of quaternary nitrogens is 2. The Bertz CT molecular complexity index is 910. The van der Waals surface area contributed by atoms with Gasteiger partial charge < -0.3 is 21.3 Å². The number of benzene rings is 1. The molecule has 206 valence electrons. The Labute approximate surface area is 224 Å². The van der Waals surface area contributed by atoms with Gasteiger partial charge in [-0.05, 0) is 56.7 Å². The van der Waals surface area contributed by atoms with Gasteiger partial charge in [0.05, 0.1) is 49.9 Å². The number of imidazole rings is 1. The Balaban J connectivity index is 1.83. The lowest BCUT2D eigenvalue weighted by molar-refractivity contribution is -0.684. The van der Waals surface area contributed by atoms with Crippen LogP contribution in [0.2, 0.25) is 0 Å². The maximum absolute atomic E-state index is 4.81. The van der Waals surface area contributed by atoms with Crippen LogP contribution >= 0.6 is 0 Å². The van der Waals surface area contributed by atoms with Crippen molar-refractivity contribution in [1.29, 1.82) is 0 Å². The molecule has 0 saturated heterocycles. The first kappa shape index (κ1) is 29.1. The molecule has 0 radical (unpaired) electrons. The molecule has 1 aliphatic heterocycles. The second-order valence-corrected chi connectivity index (χ2v) is 10.4. The molecule has 0 atom stereocenters. The summed E-state index contributed by atoms with van der Waals surface area (Å²) in [6, 6.07) is 6.69. The van der Waals surface area contributed by atoms with Gasteiger partial charge in [0.15, 0.2) is 0 Å². The predicted molar refractivity (Wildman–Crippen MR) is 153 cm³/mol. The fourth-order valence-electron chi connectivity index (χ4n) is 5.09. The van der Waals surface area contributed by atoms with Crippen LogP contribution in [-0.2, 0) is 13.1 Å². The van der Waals surface area contributed by atoms with Crippen LogP contribution in [-0.4, -0.2) is 43.8 Å². The molecular formula is C29H53N8+3. The minimum Gasteiger partial charge on any atom is -0.368 e. The van der Waals surface area contributed by atoms with Crippen molar-refractivity contribution < 1.29 is 16.0 Å².